The summed E-state index contributed by atoms with van der Waals surface area (Å²) in [6.45, 7) is 7.98. The molecule has 1 aliphatic rings. The molecular weight excluding hydrogens is 456 g/mol. The van der Waals surface area contributed by atoms with Crippen LogP contribution in [-0.2, 0) is 14.3 Å². The van der Waals surface area contributed by atoms with Gasteiger partial charge in [-0.1, -0.05) is 55.5 Å². The van der Waals surface area contributed by atoms with Crippen LogP contribution in [0.4, 0.5) is 9.59 Å². The van der Waals surface area contributed by atoms with E-state index in [9.17, 15) is 14.4 Å². The fourth-order valence-electron chi connectivity index (χ4n) is 4.50. The van der Waals surface area contributed by atoms with Crippen LogP contribution in [0.5, 0.6) is 0 Å². The van der Waals surface area contributed by atoms with E-state index in [-0.39, 0.29) is 18.3 Å². The Labute approximate surface area is 213 Å². The average molecular weight is 495 g/mol. The fraction of sp³-hybridized carbons (Fsp3) is 0.483. The second-order valence-corrected chi connectivity index (χ2v) is 10.2. The summed E-state index contributed by atoms with van der Waals surface area (Å²) in [7, 11) is 0. The molecule has 1 aliphatic carbocycles. The van der Waals surface area contributed by atoms with Gasteiger partial charge in [-0.15, -0.1) is 0 Å². The Morgan fingerprint density at radius 1 is 0.917 bits per heavy atom. The van der Waals surface area contributed by atoms with Crippen LogP contribution in [0.25, 0.3) is 11.1 Å². The normalized spacial score (nSPS) is 13.3. The van der Waals surface area contributed by atoms with Crippen molar-refractivity contribution in [1.29, 1.82) is 0 Å². The molecule has 36 heavy (non-hydrogen) atoms. The van der Waals surface area contributed by atoms with Crippen LogP contribution in [0.15, 0.2) is 48.5 Å². The summed E-state index contributed by atoms with van der Waals surface area (Å²) in [6.07, 6.45) is 1.89. The smallest absolute Gasteiger partial charge is 0.408 e. The Morgan fingerprint density at radius 2 is 1.53 bits per heavy atom. The predicted octanol–water partition coefficient (Wildman–Crippen LogP) is 5.96. The molecular formula is C29H38N2O5. The number of fused-ring (bicyclic) bond motifs is 3. The number of ketones is 1. The highest BCUT2D eigenvalue weighted by atomic mass is 16.6. The van der Waals surface area contributed by atoms with Crippen molar-refractivity contribution in [1.82, 2.24) is 10.6 Å². The van der Waals surface area contributed by atoms with Gasteiger partial charge in [-0.05, 0) is 68.7 Å². The zero-order chi connectivity index (χ0) is 26.1. The largest absolute Gasteiger partial charge is 0.449 e. The van der Waals surface area contributed by atoms with Gasteiger partial charge in [0, 0.05) is 18.9 Å². The third kappa shape index (κ3) is 7.57. The molecule has 7 nitrogen and oxygen atoms in total. The zero-order valence-electron chi connectivity index (χ0n) is 21.8. The summed E-state index contributed by atoms with van der Waals surface area (Å²) >= 11 is 0. The van der Waals surface area contributed by atoms with E-state index in [2.05, 4.69) is 34.9 Å². The van der Waals surface area contributed by atoms with Gasteiger partial charge in [-0.3, -0.25) is 4.79 Å². The first-order valence-corrected chi connectivity index (χ1v) is 12.8. The molecule has 2 aromatic rings. The topological polar surface area (TPSA) is 93.7 Å². The van der Waals surface area contributed by atoms with Crippen molar-refractivity contribution >= 4 is 18.0 Å². The number of Topliss-reactive ketones (excluding diaryl/α,β-unsaturated/α-hetero) is 1. The predicted molar refractivity (Wildman–Crippen MR) is 140 cm³/mol. The molecule has 0 aliphatic heterocycles. The number of benzene rings is 2. The van der Waals surface area contributed by atoms with Crippen molar-refractivity contribution in [2.24, 2.45) is 0 Å². The minimum Gasteiger partial charge on any atom is -0.449 e. The maximum atomic E-state index is 12.4. The molecule has 2 amide bonds. The molecule has 1 atom stereocenters. The van der Waals surface area contributed by atoms with Crippen LogP contribution in [0.3, 0.4) is 0 Å². The van der Waals surface area contributed by atoms with Crippen molar-refractivity contribution in [2.75, 3.05) is 13.2 Å². The Balaban J connectivity index is 1.42. The van der Waals surface area contributed by atoms with Gasteiger partial charge in [-0.2, -0.15) is 0 Å². The quantitative estimate of drug-likeness (QED) is 0.376. The summed E-state index contributed by atoms with van der Waals surface area (Å²) in [6, 6.07) is 15.8. The Kier molecular flexibility index (Phi) is 9.51. The highest BCUT2D eigenvalue weighted by Gasteiger charge is 2.29. The van der Waals surface area contributed by atoms with Gasteiger partial charge in [0.1, 0.15) is 12.2 Å². The van der Waals surface area contributed by atoms with E-state index in [1.165, 1.54) is 22.3 Å². The van der Waals surface area contributed by atoms with Crippen molar-refractivity contribution in [3.05, 3.63) is 59.7 Å². The molecule has 7 heteroatoms. The average Bonchev–Trinajstić information content (AvgIpc) is 3.14. The van der Waals surface area contributed by atoms with E-state index >= 15 is 0 Å². The number of unbranched alkanes of at least 4 members (excludes halogenated alkanes) is 1. The summed E-state index contributed by atoms with van der Waals surface area (Å²) in [5.74, 6) is 0.0141. The third-order valence-corrected chi connectivity index (χ3v) is 6.11. The maximum absolute atomic E-state index is 12.4. The minimum atomic E-state index is -0.630. The number of carbonyl (C=O) groups is 3. The summed E-state index contributed by atoms with van der Waals surface area (Å²) in [5, 5.41) is 5.50. The summed E-state index contributed by atoms with van der Waals surface area (Å²) in [5.41, 5.74) is 4.09. The number of hydrogen-bond donors (Lipinski definition) is 2. The monoisotopic (exact) mass is 494 g/mol. The molecule has 0 saturated heterocycles. The molecule has 0 saturated carbocycles. The van der Waals surface area contributed by atoms with E-state index in [4.69, 9.17) is 9.47 Å². The van der Waals surface area contributed by atoms with E-state index in [1.807, 2.05) is 31.2 Å². The second kappa shape index (κ2) is 12.6. The SMILES string of the molecule is CCCC(=O)[C@H](CCCCNC(=O)OCC1c2ccccc2-c2ccccc21)NC(=O)OC(C)(C)C. The van der Waals surface area contributed by atoms with E-state index < -0.39 is 23.8 Å². The summed E-state index contributed by atoms with van der Waals surface area (Å²) in [4.78, 5) is 36.9. The van der Waals surface area contributed by atoms with Gasteiger partial charge >= 0.3 is 12.2 Å². The molecule has 0 radical (unpaired) electrons. The fourth-order valence-corrected chi connectivity index (χ4v) is 4.50. The van der Waals surface area contributed by atoms with Crippen molar-refractivity contribution in [3.63, 3.8) is 0 Å². The van der Waals surface area contributed by atoms with Gasteiger partial charge in [0.2, 0.25) is 0 Å². The van der Waals surface area contributed by atoms with Crippen LogP contribution in [0.1, 0.15) is 76.8 Å². The maximum Gasteiger partial charge on any atom is 0.408 e. The number of rotatable bonds is 11. The number of nitrogens with one attached hydrogen (secondary N) is 2. The van der Waals surface area contributed by atoms with Crippen molar-refractivity contribution < 1.29 is 23.9 Å². The Morgan fingerprint density at radius 3 is 2.11 bits per heavy atom. The number of carbonyl (C=O) groups excluding carboxylic acids is 3. The van der Waals surface area contributed by atoms with Crippen LogP contribution < -0.4 is 10.6 Å². The molecule has 2 N–H and O–H groups in total. The second-order valence-electron chi connectivity index (χ2n) is 10.2. The first-order valence-electron chi connectivity index (χ1n) is 12.8. The highest BCUT2D eigenvalue weighted by molar-refractivity contribution is 5.87. The van der Waals surface area contributed by atoms with Gasteiger partial charge in [-0.25, -0.2) is 9.59 Å². The lowest BCUT2D eigenvalue weighted by atomic mass is 9.98. The Bertz CT molecular complexity index is 1010. The molecule has 194 valence electrons. The lowest BCUT2D eigenvalue weighted by molar-refractivity contribution is -0.121. The number of ether oxygens (including phenoxy) is 2. The van der Waals surface area contributed by atoms with Gasteiger partial charge in [0.15, 0.2) is 5.78 Å². The van der Waals surface area contributed by atoms with Crippen molar-refractivity contribution in [2.45, 2.75) is 77.4 Å². The first-order chi connectivity index (χ1) is 17.2. The van der Waals surface area contributed by atoms with E-state index in [0.29, 0.717) is 38.6 Å². The lowest BCUT2D eigenvalue weighted by Crippen LogP contribution is -2.43. The number of hydrogen-bond acceptors (Lipinski definition) is 5. The third-order valence-electron chi connectivity index (χ3n) is 6.11. The lowest BCUT2D eigenvalue weighted by Gasteiger charge is -2.23. The van der Waals surface area contributed by atoms with Crippen LogP contribution in [0, 0.1) is 0 Å². The number of amides is 2. The van der Waals surface area contributed by atoms with E-state index in [0.717, 1.165) is 0 Å². The molecule has 0 unspecified atom stereocenters. The van der Waals surface area contributed by atoms with Crippen LogP contribution >= 0.6 is 0 Å². The highest BCUT2D eigenvalue weighted by Crippen LogP contribution is 2.44. The molecule has 0 fully saturated rings. The summed E-state index contributed by atoms with van der Waals surface area (Å²) < 4.78 is 10.9. The molecule has 0 heterocycles. The molecule has 0 aromatic heterocycles. The molecule has 0 bridgehead atoms. The first kappa shape index (κ1) is 27.2. The standard InChI is InChI=1S/C29H38N2O5/c1-5-12-26(32)25(31-28(34)36-29(2,3)4)17-10-11-18-30-27(33)35-19-24-22-15-8-6-13-20(22)21-14-7-9-16-23(21)24/h6-9,13-16,24-25H,5,10-12,17-19H2,1-4H3,(H,30,33)(H,31,34)/t25-/m0/s1. The van der Waals surface area contributed by atoms with Gasteiger partial charge in [0.25, 0.3) is 0 Å². The molecule has 0 spiro atoms. The Hall–Kier alpha value is -3.35. The zero-order valence-corrected chi connectivity index (χ0v) is 21.8. The minimum absolute atomic E-state index is 0.00662. The van der Waals surface area contributed by atoms with Gasteiger partial charge in [0.05, 0.1) is 6.04 Å². The van der Waals surface area contributed by atoms with Crippen molar-refractivity contribution in [3.8, 4) is 11.1 Å². The van der Waals surface area contributed by atoms with E-state index in [1.54, 1.807) is 20.8 Å². The van der Waals surface area contributed by atoms with Crippen LogP contribution in [0.2, 0.25) is 0 Å². The molecule has 3 rings (SSSR count). The molecule has 2 aromatic carbocycles. The van der Waals surface area contributed by atoms with Crippen LogP contribution in [-0.4, -0.2) is 42.8 Å². The van der Waals surface area contributed by atoms with Gasteiger partial charge < -0.3 is 20.1 Å². The number of alkyl carbamates (subject to hydrolysis) is 2.